The number of hydrogen-bond acceptors (Lipinski definition) is 3. The van der Waals surface area contributed by atoms with Crippen molar-refractivity contribution in [3.8, 4) is 0 Å². The second kappa shape index (κ2) is 4.22. The van der Waals surface area contributed by atoms with Gasteiger partial charge < -0.3 is 10.0 Å². The van der Waals surface area contributed by atoms with E-state index in [1.165, 1.54) is 0 Å². The number of alkyl halides is 3. The van der Waals surface area contributed by atoms with Gasteiger partial charge in [0.2, 0.25) is 0 Å². The summed E-state index contributed by atoms with van der Waals surface area (Å²) in [4.78, 5) is 10.3. The number of benzene rings is 1. The molecule has 0 saturated carbocycles. The molecule has 0 atom stereocenters. The highest BCUT2D eigenvalue weighted by Gasteiger charge is 2.33. The highest BCUT2D eigenvalue weighted by atomic mass is 19.4. The molecule has 8 heteroatoms. The molecular formula is C8H5BF4O3. The second-order valence-corrected chi connectivity index (χ2v) is 2.96. The van der Waals surface area contributed by atoms with Crippen molar-refractivity contribution in [1.29, 1.82) is 0 Å². The van der Waals surface area contributed by atoms with Crippen molar-refractivity contribution in [1.82, 2.24) is 0 Å². The molecule has 0 heterocycles. The Labute approximate surface area is 87.5 Å². The van der Waals surface area contributed by atoms with E-state index in [1.54, 1.807) is 0 Å². The van der Waals surface area contributed by atoms with E-state index in [-0.39, 0.29) is 12.4 Å². The van der Waals surface area contributed by atoms with Gasteiger partial charge in [-0.3, -0.25) is 4.79 Å². The van der Waals surface area contributed by atoms with Crippen LogP contribution in [0, 0.1) is 5.82 Å². The summed E-state index contributed by atoms with van der Waals surface area (Å²) in [5.74, 6) is -1.38. The summed E-state index contributed by atoms with van der Waals surface area (Å²) < 4.78 is 50.0. The fraction of sp³-hybridized carbons (Fsp3) is 0.125. The first-order valence-corrected chi connectivity index (χ1v) is 3.99. The van der Waals surface area contributed by atoms with Crippen molar-refractivity contribution in [2.45, 2.75) is 6.18 Å². The van der Waals surface area contributed by atoms with E-state index in [4.69, 9.17) is 10.0 Å². The molecule has 0 amide bonds. The highest BCUT2D eigenvalue weighted by molar-refractivity contribution is 6.58. The average molecular weight is 236 g/mol. The van der Waals surface area contributed by atoms with Gasteiger partial charge in [-0.25, -0.2) is 4.39 Å². The molecule has 0 radical (unpaired) electrons. The lowest BCUT2D eigenvalue weighted by Crippen LogP contribution is -2.34. The summed E-state index contributed by atoms with van der Waals surface area (Å²) in [7, 11) is -2.42. The summed E-state index contributed by atoms with van der Waals surface area (Å²) in [5.41, 5.74) is -3.19. The van der Waals surface area contributed by atoms with Gasteiger partial charge in [-0.05, 0) is 12.1 Å². The van der Waals surface area contributed by atoms with Crippen LogP contribution in [0.15, 0.2) is 12.1 Å². The minimum absolute atomic E-state index is 0.129. The first-order chi connectivity index (χ1) is 7.27. The number of rotatable bonds is 2. The van der Waals surface area contributed by atoms with Gasteiger partial charge in [0, 0.05) is 5.46 Å². The molecule has 0 saturated heterocycles. The van der Waals surface area contributed by atoms with E-state index in [1.807, 2.05) is 0 Å². The molecule has 16 heavy (non-hydrogen) atoms. The maximum absolute atomic E-state index is 13.2. The van der Waals surface area contributed by atoms with Gasteiger partial charge >= 0.3 is 13.3 Å². The zero-order chi connectivity index (χ0) is 12.5. The number of halogens is 4. The Kier molecular flexibility index (Phi) is 3.34. The third kappa shape index (κ3) is 2.39. The van der Waals surface area contributed by atoms with E-state index in [2.05, 4.69) is 0 Å². The summed E-state index contributed by atoms with van der Waals surface area (Å²) in [5, 5.41) is 17.3. The van der Waals surface area contributed by atoms with Crippen molar-refractivity contribution in [2.75, 3.05) is 0 Å². The maximum Gasteiger partial charge on any atom is 0.491 e. The van der Waals surface area contributed by atoms with Gasteiger partial charge in [-0.15, -0.1) is 0 Å². The molecule has 2 N–H and O–H groups in total. The molecule has 0 aromatic heterocycles. The normalized spacial score (nSPS) is 11.4. The largest absolute Gasteiger partial charge is 0.491 e. The monoisotopic (exact) mass is 236 g/mol. The van der Waals surface area contributed by atoms with Crippen molar-refractivity contribution in [3.63, 3.8) is 0 Å². The SMILES string of the molecule is O=Cc1cc(C(F)(F)F)cc(B(O)O)c1F. The van der Waals surface area contributed by atoms with Crippen molar-refractivity contribution >= 4 is 18.9 Å². The van der Waals surface area contributed by atoms with Crippen LogP contribution >= 0.6 is 0 Å². The summed E-state index contributed by atoms with van der Waals surface area (Å²) in [6.45, 7) is 0. The van der Waals surface area contributed by atoms with E-state index >= 15 is 0 Å². The fourth-order valence-corrected chi connectivity index (χ4v) is 1.11. The van der Waals surface area contributed by atoms with Gasteiger partial charge in [0.15, 0.2) is 6.29 Å². The van der Waals surface area contributed by atoms with Gasteiger partial charge in [0.05, 0.1) is 11.1 Å². The van der Waals surface area contributed by atoms with Gasteiger partial charge in [-0.2, -0.15) is 13.2 Å². The Hall–Kier alpha value is -1.41. The zero-order valence-corrected chi connectivity index (χ0v) is 7.62. The molecule has 1 rings (SSSR count). The summed E-state index contributed by atoms with van der Waals surface area (Å²) in [6, 6.07) is 0.543. The van der Waals surface area contributed by atoms with Crippen LogP contribution in [-0.2, 0) is 6.18 Å². The molecule has 0 unspecified atom stereocenters. The highest BCUT2D eigenvalue weighted by Crippen LogP contribution is 2.29. The smallest absolute Gasteiger partial charge is 0.423 e. The van der Waals surface area contributed by atoms with Crippen molar-refractivity contribution in [2.24, 2.45) is 0 Å². The lowest BCUT2D eigenvalue weighted by Gasteiger charge is -2.11. The van der Waals surface area contributed by atoms with Crippen LogP contribution in [0.2, 0.25) is 0 Å². The molecule has 0 aliphatic carbocycles. The Morgan fingerprint density at radius 3 is 2.19 bits per heavy atom. The quantitative estimate of drug-likeness (QED) is 0.442. The lowest BCUT2D eigenvalue weighted by atomic mass is 9.78. The molecule has 3 nitrogen and oxygen atoms in total. The standard InChI is InChI=1S/C8H5BF4O3/c10-7-4(3-14)1-5(8(11,12)13)2-6(7)9(15)16/h1-3,15-16H. The first-order valence-electron chi connectivity index (χ1n) is 3.99. The Morgan fingerprint density at radius 1 is 1.25 bits per heavy atom. The predicted molar refractivity (Wildman–Crippen MR) is 46.6 cm³/mol. The first kappa shape index (κ1) is 12.7. The number of carbonyl (C=O) groups is 1. The molecule has 0 aliphatic heterocycles. The van der Waals surface area contributed by atoms with Crippen LogP contribution in [0.5, 0.6) is 0 Å². The van der Waals surface area contributed by atoms with Crippen molar-refractivity contribution < 1.29 is 32.4 Å². The van der Waals surface area contributed by atoms with Gasteiger partial charge in [-0.1, -0.05) is 0 Å². The number of carbonyl (C=O) groups excluding carboxylic acids is 1. The molecule has 0 bridgehead atoms. The average Bonchev–Trinajstić information content (AvgIpc) is 2.15. The van der Waals surface area contributed by atoms with Crippen LogP contribution < -0.4 is 5.46 Å². The van der Waals surface area contributed by atoms with Gasteiger partial charge in [0.25, 0.3) is 0 Å². The van der Waals surface area contributed by atoms with Gasteiger partial charge in [0.1, 0.15) is 5.82 Å². The molecule has 1 aromatic carbocycles. The Bertz CT molecular complexity index is 416. The lowest BCUT2D eigenvalue weighted by molar-refractivity contribution is -0.137. The molecule has 86 valence electrons. The van der Waals surface area contributed by atoms with E-state index < -0.39 is 35.7 Å². The third-order valence-electron chi connectivity index (χ3n) is 1.86. The summed E-state index contributed by atoms with van der Waals surface area (Å²) >= 11 is 0. The zero-order valence-electron chi connectivity index (χ0n) is 7.62. The van der Waals surface area contributed by atoms with Crippen LogP contribution in [0.1, 0.15) is 15.9 Å². The van der Waals surface area contributed by atoms with E-state index in [0.717, 1.165) is 0 Å². The van der Waals surface area contributed by atoms with E-state index in [9.17, 15) is 22.4 Å². The maximum atomic E-state index is 13.2. The molecule has 0 fully saturated rings. The van der Waals surface area contributed by atoms with Crippen LogP contribution in [-0.4, -0.2) is 23.5 Å². The van der Waals surface area contributed by atoms with Crippen molar-refractivity contribution in [3.05, 3.63) is 29.1 Å². The molecule has 1 aromatic rings. The summed E-state index contributed by atoms with van der Waals surface area (Å²) in [6.07, 6.45) is -4.93. The topological polar surface area (TPSA) is 57.5 Å². The fourth-order valence-electron chi connectivity index (χ4n) is 1.11. The van der Waals surface area contributed by atoms with Crippen LogP contribution in [0.3, 0.4) is 0 Å². The number of hydrogen-bond donors (Lipinski definition) is 2. The predicted octanol–water partition coefficient (Wildman–Crippen LogP) is 0.337. The van der Waals surface area contributed by atoms with E-state index in [0.29, 0.717) is 6.07 Å². The molecular weight excluding hydrogens is 231 g/mol. The Morgan fingerprint density at radius 2 is 1.81 bits per heavy atom. The third-order valence-corrected chi connectivity index (χ3v) is 1.86. The minimum Gasteiger partial charge on any atom is -0.423 e. The van der Waals surface area contributed by atoms with Crippen LogP contribution in [0.25, 0.3) is 0 Å². The van der Waals surface area contributed by atoms with Crippen LogP contribution in [0.4, 0.5) is 17.6 Å². The Balaban J connectivity index is 3.46. The minimum atomic E-state index is -4.80. The number of aldehydes is 1. The molecule has 0 spiro atoms. The second-order valence-electron chi connectivity index (χ2n) is 2.96. The molecule has 0 aliphatic rings.